The number of para-hydroxylation sites is 1. The fourth-order valence-corrected chi connectivity index (χ4v) is 3.51. The monoisotopic (exact) mass is 458 g/mol. The number of fused-ring (bicyclic) bond motifs is 1. The smallest absolute Gasteiger partial charge is 0.251 e. The molecule has 1 heterocycles. The molecule has 0 bridgehead atoms. The predicted molar refractivity (Wildman–Crippen MR) is 129 cm³/mol. The molecule has 174 valence electrons. The Hall–Kier alpha value is -3.94. The first-order valence-corrected chi connectivity index (χ1v) is 11.0. The average Bonchev–Trinajstić information content (AvgIpc) is 3.30. The number of benzene rings is 3. The summed E-state index contributed by atoms with van der Waals surface area (Å²) in [5, 5.41) is 3.81. The van der Waals surface area contributed by atoms with Crippen molar-refractivity contribution in [2.45, 2.75) is 19.1 Å². The van der Waals surface area contributed by atoms with Gasteiger partial charge in [-0.3, -0.25) is 9.59 Å². The minimum absolute atomic E-state index is 0.0189. The number of carbonyl (C=O) groups is 2. The van der Waals surface area contributed by atoms with Gasteiger partial charge in [-0.1, -0.05) is 60.7 Å². The van der Waals surface area contributed by atoms with Gasteiger partial charge in [0.15, 0.2) is 0 Å². The van der Waals surface area contributed by atoms with E-state index in [-0.39, 0.29) is 25.7 Å². The van der Waals surface area contributed by atoms with Gasteiger partial charge in [0, 0.05) is 23.1 Å². The van der Waals surface area contributed by atoms with Crippen LogP contribution in [0.1, 0.15) is 22.3 Å². The van der Waals surface area contributed by atoms with Crippen molar-refractivity contribution in [2.24, 2.45) is 5.73 Å². The molecule has 0 saturated carbocycles. The molecule has 1 atom stereocenters. The molecule has 2 amide bonds. The summed E-state index contributed by atoms with van der Waals surface area (Å²) in [6.07, 6.45) is -0.619. The normalized spacial score (nSPS) is 11.9. The Labute approximate surface area is 197 Å². The van der Waals surface area contributed by atoms with Gasteiger partial charge in [-0.15, -0.1) is 0 Å². The molecular formula is C27H26N2O5. The van der Waals surface area contributed by atoms with Crippen molar-refractivity contribution >= 4 is 22.8 Å². The van der Waals surface area contributed by atoms with Gasteiger partial charge in [-0.25, -0.2) is 0 Å². The van der Waals surface area contributed by atoms with Crippen LogP contribution in [0, 0.1) is 0 Å². The molecule has 4 rings (SSSR count). The van der Waals surface area contributed by atoms with E-state index >= 15 is 0 Å². The lowest BCUT2D eigenvalue weighted by molar-refractivity contribution is -0.127. The van der Waals surface area contributed by atoms with Crippen LogP contribution in [-0.4, -0.2) is 31.3 Å². The Bertz CT molecular complexity index is 1200. The maximum atomic E-state index is 12.6. The second-order valence-corrected chi connectivity index (χ2v) is 7.85. The summed E-state index contributed by atoms with van der Waals surface area (Å²) in [6.45, 7) is 0.491. The number of hydrogen-bond acceptors (Lipinski definition) is 5. The molecule has 0 unspecified atom stereocenters. The lowest BCUT2D eigenvalue weighted by atomic mass is 10.1. The summed E-state index contributed by atoms with van der Waals surface area (Å²) in [7, 11) is 0. The zero-order chi connectivity index (χ0) is 23.8. The quantitative estimate of drug-likeness (QED) is 0.258. The molecule has 4 aromatic rings. The van der Waals surface area contributed by atoms with E-state index in [2.05, 4.69) is 5.32 Å². The first-order valence-electron chi connectivity index (χ1n) is 11.0. The first kappa shape index (κ1) is 23.2. The van der Waals surface area contributed by atoms with Gasteiger partial charge in [0.1, 0.15) is 18.1 Å². The van der Waals surface area contributed by atoms with Crippen LogP contribution in [0.2, 0.25) is 0 Å². The Morgan fingerprint density at radius 2 is 1.68 bits per heavy atom. The molecule has 0 fully saturated rings. The number of furan rings is 1. The minimum Gasteiger partial charge on any atom is -0.456 e. The summed E-state index contributed by atoms with van der Waals surface area (Å²) in [5.41, 5.74) is 8.51. The molecule has 0 radical (unpaired) electrons. The molecule has 0 spiro atoms. The Balaban J connectivity index is 1.29. The largest absolute Gasteiger partial charge is 0.456 e. The fourth-order valence-electron chi connectivity index (χ4n) is 3.51. The van der Waals surface area contributed by atoms with Crippen molar-refractivity contribution in [2.75, 3.05) is 13.3 Å². The molecule has 3 N–H and O–H groups in total. The van der Waals surface area contributed by atoms with E-state index in [0.29, 0.717) is 12.2 Å². The first-order chi connectivity index (χ1) is 16.6. The number of carbonyl (C=O) groups excluding carboxylic acids is 2. The number of primary amides is 1. The van der Waals surface area contributed by atoms with Gasteiger partial charge in [0.25, 0.3) is 5.91 Å². The molecule has 7 heteroatoms. The van der Waals surface area contributed by atoms with Gasteiger partial charge < -0.3 is 24.9 Å². The summed E-state index contributed by atoms with van der Waals surface area (Å²) < 4.78 is 17.0. The number of nitrogens with two attached hydrogens (primary N) is 1. The summed E-state index contributed by atoms with van der Waals surface area (Å²) in [6, 6.07) is 26.5. The lowest BCUT2D eigenvalue weighted by Gasteiger charge is -2.17. The van der Waals surface area contributed by atoms with Crippen LogP contribution in [-0.2, 0) is 20.9 Å². The Morgan fingerprint density at radius 3 is 2.41 bits per heavy atom. The number of hydrogen-bond donors (Lipinski definition) is 2. The fraction of sp³-hybridized carbons (Fsp3) is 0.185. The maximum Gasteiger partial charge on any atom is 0.251 e. The summed E-state index contributed by atoms with van der Waals surface area (Å²) >= 11 is 0. The van der Waals surface area contributed by atoms with Crippen molar-refractivity contribution in [1.82, 2.24) is 5.32 Å². The predicted octanol–water partition coefficient (Wildman–Crippen LogP) is 4.26. The average molecular weight is 459 g/mol. The third kappa shape index (κ3) is 6.31. The second kappa shape index (κ2) is 11.3. The van der Waals surface area contributed by atoms with Crippen LogP contribution < -0.4 is 11.1 Å². The van der Waals surface area contributed by atoms with Gasteiger partial charge in [-0.2, -0.15) is 0 Å². The Kier molecular flexibility index (Phi) is 7.70. The zero-order valence-corrected chi connectivity index (χ0v) is 18.6. The van der Waals surface area contributed by atoms with Crippen LogP contribution in [0.15, 0.2) is 89.3 Å². The van der Waals surface area contributed by atoms with E-state index in [4.69, 9.17) is 19.6 Å². The van der Waals surface area contributed by atoms with Crippen LogP contribution in [0.3, 0.4) is 0 Å². The molecule has 0 aliphatic rings. The van der Waals surface area contributed by atoms with Crippen molar-refractivity contribution in [1.29, 1.82) is 0 Å². The topological polar surface area (TPSA) is 104 Å². The second-order valence-electron chi connectivity index (χ2n) is 7.85. The van der Waals surface area contributed by atoms with Crippen LogP contribution in [0.25, 0.3) is 22.3 Å². The standard InChI is InChI=1S/C27H26N2O5/c28-26(30)15-23(33-18-32-17-19-6-2-1-3-7-19)16-29-27(31)21-12-10-20(11-13-21)25-14-22-8-4-5-9-24(22)34-25/h1-14,23H,15-18H2,(H2,28,30)(H,29,31)/t23-/m0/s1. The number of amides is 2. The van der Waals surface area contributed by atoms with E-state index in [1.54, 1.807) is 12.1 Å². The highest BCUT2D eigenvalue weighted by Crippen LogP contribution is 2.27. The van der Waals surface area contributed by atoms with Crippen molar-refractivity contribution in [3.8, 4) is 11.3 Å². The van der Waals surface area contributed by atoms with Gasteiger partial charge in [0.05, 0.1) is 19.1 Å². The molecule has 34 heavy (non-hydrogen) atoms. The molecule has 0 aliphatic heterocycles. The molecular weight excluding hydrogens is 432 g/mol. The summed E-state index contributed by atoms with van der Waals surface area (Å²) in [4.78, 5) is 24.0. The van der Waals surface area contributed by atoms with E-state index in [9.17, 15) is 9.59 Å². The maximum absolute atomic E-state index is 12.6. The highest BCUT2D eigenvalue weighted by Gasteiger charge is 2.15. The van der Waals surface area contributed by atoms with Gasteiger partial charge in [-0.05, 0) is 29.8 Å². The molecule has 0 aliphatic carbocycles. The number of nitrogens with one attached hydrogen (secondary N) is 1. The molecule has 0 saturated heterocycles. The SMILES string of the molecule is NC(=O)C[C@@H](CNC(=O)c1ccc(-c2cc3ccccc3o2)cc1)OCOCc1ccccc1. The number of ether oxygens (including phenoxy) is 2. The van der Waals surface area contributed by atoms with Crippen LogP contribution >= 0.6 is 0 Å². The Morgan fingerprint density at radius 1 is 0.941 bits per heavy atom. The third-order valence-corrected chi connectivity index (χ3v) is 5.27. The van der Waals surface area contributed by atoms with E-state index < -0.39 is 12.0 Å². The van der Waals surface area contributed by atoms with Crippen molar-refractivity contribution in [3.05, 3.63) is 96.1 Å². The van der Waals surface area contributed by atoms with E-state index in [1.165, 1.54) is 0 Å². The molecule has 3 aromatic carbocycles. The van der Waals surface area contributed by atoms with Crippen molar-refractivity contribution in [3.63, 3.8) is 0 Å². The molecule has 1 aromatic heterocycles. The van der Waals surface area contributed by atoms with Crippen LogP contribution in [0.4, 0.5) is 0 Å². The lowest BCUT2D eigenvalue weighted by Crippen LogP contribution is -2.36. The van der Waals surface area contributed by atoms with Gasteiger partial charge in [0.2, 0.25) is 5.91 Å². The third-order valence-electron chi connectivity index (χ3n) is 5.27. The van der Waals surface area contributed by atoms with Gasteiger partial charge >= 0.3 is 0 Å². The molecule has 7 nitrogen and oxygen atoms in total. The number of rotatable bonds is 11. The van der Waals surface area contributed by atoms with Crippen molar-refractivity contribution < 1.29 is 23.5 Å². The highest BCUT2D eigenvalue weighted by molar-refractivity contribution is 5.94. The minimum atomic E-state index is -0.591. The zero-order valence-electron chi connectivity index (χ0n) is 18.6. The van der Waals surface area contributed by atoms with Crippen LogP contribution in [0.5, 0.6) is 0 Å². The van der Waals surface area contributed by atoms with E-state index in [0.717, 1.165) is 27.9 Å². The highest BCUT2D eigenvalue weighted by atomic mass is 16.7. The van der Waals surface area contributed by atoms with E-state index in [1.807, 2.05) is 72.8 Å². The summed E-state index contributed by atoms with van der Waals surface area (Å²) in [5.74, 6) is -0.0597.